The van der Waals surface area contributed by atoms with Crippen molar-refractivity contribution in [2.45, 2.75) is 90.4 Å². The van der Waals surface area contributed by atoms with Crippen molar-refractivity contribution in [2.75, 3.05) is 14.1 Å². The summed E-state index contributed by atoms with van der Waals surface area (Å²) in [6.07, 6.45) is 2.17. The lowest BCUT2D eigenvalue weighted by Gasteiger charge is -2.44. The molecule has 0 aliphatic heterocycles. The van der Waals surface area contributed by atoms with Crippen LogP contribution in [0.4, 0.5) is 0 Å². The summed E-state index contributed by atoms with van der Waals surface area (Å²) in [6.45, 7) is 18.2. The lowest BCUT2D eigenvalue weighted by molar-refractivity contribution is 0.171. The van der Waals surface area contributed by atoms with Gasteiger partial charge in [0.25, 0.3) is 0 Å². The molecule has 0 amide bonds. The molecule has 0 aromatic rings. The molecule has 116 valence electrons. The second-order valence-electron chi connectivity index (χ2n) is 8.51. The van der Waals surface area contributed by atoms with Crippen molar-refractivity contribution in [1.29, 1.82) is 0 Å². The summed E-state index contributed by atoms with van der Waals surface area (Å²) >= 11 is 0. The largest absolute Gasteiger partial charge is 0.315 e. The van der Waals surface area contributed by atoms with Crippen LogP contribution in [0.3, 0.4) is 0 Å². The second kappa shape index (κ2) is 6.11. The van der Waals surface area contributed by atoms with E-state index < -0.39 is 0 Å². The molecule has 0 bridgehead atoms. The predicted octanol–water partition coefficient (Wildman–Crippen LogP) is 2.91. The maximum Gasteiger partial charge on any atom is 0.0147 e. The van der Waals surface area contributed by atoms with Crippen molar-refractivity contribution in [1.82, 2.24) is 16.0 Å². The van der Waals surface area contributed by atoms with E-state index >= 15 is 0 Å². The number of rotatable bonds is 8. The molecule has 0 aromatic heterocycles. The van der Waals surface area contributed by atoms with Gasteiger partial charge in [-0.1, -0.05) is 0 Å². The highest BCUT2D eigenvalue weighted by Gasteiger charge is 2.35. The Kier molecular flexibility index (Phi) is 6.07. The van der Waals surface area contributed by atoms with Gasteiger partial charge in [0.2, 0.25) is 0 Å². The van der Waals surface area contributed by atoms with Gasteiger partial charge in [-0.15, -0.1) is 0 Å². The van der Waals surface area contributed by atoms with Gasteiger partial charge in [0.15, 0.2) is 0 Å². The zero-order valence-electron chi connectivity index (χ0n) is 14.9. The Labute approximate surface area is 121 Å². The van der Waals surface area contributed by atoms with Crippen LogP contribution >= 0.6 is 0 Å². The third-order valence-corrected chi connectivity index (χ3v) is 3.80. The summed E-state index contributed by atoms with van der Waals surface area (Å²) in [4.78, 5) is 0. The van der Waals surface area contributed by atoms with E-state index in [1.807, 2.05) is 14.1 Å². The predicted molar refractivity (Wildman–Crippen MR) is 86.8 cm³/mol. The maximum atomic E-state index is 3.83. The Hall–Kier alpha value is -0.120. The van der Waals surface area contributed by atoms with Gasteiger partial charge >= 0.3 is 0 Å². The van der Waals surface area contributed by atoms with Crippen LogP contribution in [0.25, 0.3) is 0 Å². The molecule has 3 nitrogen and oxygen atoms in total. The van der Waals surface area contributed by atoms with E-state index in [-0.39, 0.29) is 22.2 Å². The molecule has 0 atom stereocenters. The molecule has 0 fully saturated rings. The average Bonchev–Trinajstić information content (AvgIpc) is 2.12. The van der Waals surface area contributed by atoms with Crippen molar-refractivity contribution in [2.24, 2.45) is 0 Å². The van der Waals surface area contributed by atoms with E-state index in [0.29, 0.717) is 0 Å². The molecule has 0 aromatic carbocycles. The van der Waals surface area contributed by atoms with Crippen LogP contribution in [0, 0.1) is 0 Å². The standard InChI is InChI=1S/C16H37N3/c1-13(2,17-9)11-15(5,6)19-16(7,8)12-14(3,4)18-10/h17-19H,11-12H2,1-10H3. The summed E-state index contributed by atoms with van der Waals surface area (Å²) in [5.74, 6) is 0. The Balaban J connectivity index is 4.72. The van der Waals surface area contributed by atoms with E-state index in [0.717, 1.165) is 12.8 Å². The lowest BCUT2D eigenvalue weighted by Crippen LogP contribution is -2.59. The second-order valence-corrected chi connectivity index (χ2v) is 8.51. The third kappa shape index (κ3) is 7.91. The SMILES string of the molecule is CNC(C)(C)CC(C)(C)NC(C)(C)CC(C)(C)NC. The molecule has 0 radical (unpaired) electrons. The van der Waals surface area contributed by atoms with Gasteiger partial charge in [-0.2, -0.15) is 0 Å². The minimum absolute atomic E-state index is 0.0971. The van der Waals surface area contributed by atoms with Crippen LogP contribution < -0.4 is 16.0 Å². The summed E-state index contributed by atoms with van der Waals surface area (Å²) in [6, 6.07) is 0. The fourth-order valence-corrected chi connectivity index (χ4v) is 3.39. The van der Waals surface area contributed by atoms with Crippen molar-refractivity contribution in [3.05, 3.63) is 0 Å². The molecule has 0 saturated carbocycles. The quantitative estimate of drug-likeness (QED) is 0.635. The molecule has 0 aliphatic carbocycles. The maximum absolute atomic E-state index is 3.83. The van der Waals surface area contributed by atoms with Gasteiger partial charge < -0.3 is 16.0 Å². The molecule has 0 spiro atoms. The van der Waals surface area contributed by atoms with Crippen molar-refractivity contribution >= 4 is 0 Å². The van der Waals surface area contributed by atoms with Crippen LogP contribution in [-0.4, -0.2) is 36.3 Å². The van der Waals surface area contributed by atoms with Gasteiger partial charge in [-0.05, 0) is 82.3 Å². The molecule has 0 saturated heterocycles. The third-order valence-electron chi connectivity index (χ3n) is 3.80. The summed E-state index contributed by atoms with van der Waals surface area (Å²) in [5, 5.41) is 10.6. The van der Waals surface area contributed by atoms with Crippen LogP contribution in [-0.2, 0) is 0 Å². The van der Waals surface area contributed by atoms with Gasteiger partial charge in [0.1, 0.15) is 0 Å². The molecular weight excluding hydrogens is 234 g/mol. The van der Waals surface area contributed by atoms with Crippen LogP contribution in [0.15, 0.2) is 0 Å². The van der Waals surface area contributed by atoms with E-state index in [9.17, 15) is 0 Å². The minimum Gasteiger partial charge on any atom is -0.315 e. The summed E-state index contributed by atoms with van der Waals surface area (Å²) in [5.41, 5.74) is 0.482. The monoisotopic (exact) mass is 271 g/mol. The number of hydrogen-bond donors (Lipinski definition) is 3. The van der Waals surface area contributed by atoms with Crippen LogP contribution in [0.2, 0.25) is 0 Å². The van der Waals surface area contributed by atoms with E-state index in [4.69, 9.17) is 0 Å². The van der Waals surface area contributed by atoms with E-state index in [2.05, 4.69) is 71.3 Å². The number of hydrogen-bond acceptors (Lipinski definition) is 3. The molecule has 3 heteroatoms. The van der Waals surface area contributed by atoms with Crippen LogP contribution in [0.5, 0.6) is 0 Å². The smallest absolute Gasteiger partial charge is 0.0147 e. The normalized spacial score (nSPS) is 14.8. The summed E-state index contributed by atoms with van der Waals surface area (Å²) in [7, 11) is 4.07. The van der Waals surface area contributed by atoms with Gasteiger partial charge in [-0.25, -0.2) is 0 Å². The van der Waals surface area contributed by atoms with E-state index in [1.165, 1.54) is 0 Å². The van der Waals surface area contributed by atoms with Crippen molar-refractivity contribution < 1.29 is 0 Å². The van der Waals surface area contributed by atoms with Gasteiger partial charge in [0, 0.05) is 22.2 Å². The van der Waals surface area contributed by atoms with E-state index in [1.54, 1.807) is 0 Å². The van der Waals surface area contributed by atoms with Crippen LogP contribution in [0.1, 0.15) is 68.2 Å². The first kappa shape index (κ1) is 18.9. The molecule has 3 N–H and O–H groups in total. The molecule has 0 aliphatic rings. The topological polar surface area (TPSA) is 36.1 Å². The molecule has 0 rings (SSSR count). The molecular formula is C16H37N3. The minimum atomic E-state index is 0.0971. The zero-order valence-corrected chi connectivity index (χ0v) is 14.9. The average molecular weight is 271 g/mol. The zero-order chi connectivity index (χ0) is 15.5. The Morgan fingerprint density at radius 1 is 0.526 bits per heavy atom. The molecule has 0 unspecified atom stereocenters. The Bertz CT molecular complexity index is 250. The highest BCUT2D eigenvalue weighted by atomic mass is 15.1. The number of nitrogens with one attached hydrogen (secondary N) is 3. The first-order chi connectivity index (χ1) is 8.24. The first-order valence-electron chi connectivity index (χ1n) is 7.41. The lowest BCUT2D eigenvalue weighted by atomic mass is 9.81. The van der Waals surface area contributed by atoms with Crippen molar-refractivity contribution in [3.63, 3.8) is 0 Å². The van der Waals surface area contributed by atoms with Crippen molar-refractivity contribution in [3.8, 4) is 0 Å². The molecule has 19 heavy (non-hydrogen) atoms. The Morgan fingerprint density at radius 2 is 0.789 bits per heavy atom. The van der Waals surface area contributed by atoms with Gasteiger partial charge in [-0.3, -0.25) is 0 Å². The first-order valence-corrected chi connectivity index (χ1v) is 7.41. The highest BCUT2D eigenvalue weighted by Crippen LogP contribution is 2.26. The Morgan fingerprint density at radius 3 is 1.00 bits per heavy atom. The highest BCUT2D eigenvalue weighted by molar-refractivity contribution is 4.97. The fraction of sp³-hybridized carbons (Fsp3) is 1.00. The summed E-state index contributed by atoms with van der Waals surface area (Å²) < 4.78 is 0. The fourth-order valence-electron chi connectivity index (χ4n) is 3.39. The van der Waals surface area contributed by atoms with Gasteiger partial charge in [0.05, 0.1) is 0 Å². The molecule has 0 heterocycles.